The van der Waals surface area contributed by atoms with Crippen LogP contribution >= 0.6 is 31.9 Å². The van der Waals surface area contributed by atoms with Crippen LogP contribution in [0.2, 0.25) is 0 Å². The van der Waals surface area contributed by atoms with Crippen molar-refractivity contribution in [1.29, 1.82) is 0 Å². The van der Waals surface area contributed by atoms with Crippen LogP contribution in [0, 0.1) is 0 Å². The first kappa shape index (κ1) is 45.7. The number of hydrogen-bond donors (Lipinski definition) is 3. The van der Waals surface area contributed by atoms with Gasteiger partial charge in [0.15, 0.2) is 5.69 Å². The molecule has 1 fully saturated rings. The zero-order valence-corrected chi connectivity index (χ0v) is 39.2. The molecule has 0 radical (unpaired) electrons. The molecule has 4 aromatic carbocycles. The van der Waals surface area contributed by atoms with E-state index in [2.05, 4.69) is 57.4 Å². The number of aryl methyl sites for hydroxylation is 2. The Bertz CT molecular complexity index is 2830. The molecule has 0 aliphatic carbocycles. The number of anilines is 4. The van der Waals surface area contributed by atoms with E-state index in [4.69, 9.17) is 23.9 Å². The number of aliphatic hydroxyl groups excluding tert-OH is 1. The summed E-state index contributed by atoms with van der Waals surface area (Å²) in [6, 6.07) is 34.0. The van der Waals surface area contributed by atoms with Gasteiger partial charge in [0.25, 0.3) is 0 Å². The van der Waals surface area contributed by atoms with Crippen molar-refractivity contribution in [3.8, 4) is 23.0 Å². The van der Waals surface area contributed by atoms with Gasteiger partial charge in [-0.2, -0.15) is 0 Å². The SMILES string of the molecule is C1CCOC1.Cn1c(Nc2ccc(Br)cc2)nc2cc(Oc3ccnc(C(=O)OC(C)(C)C)c3)ccc21.Cn1c(Nc2ccc(Br)cc2)nc2cc(Oc3ccnc(CO)c3)ccc21. The molecule has 1 saturated heterocycles. The van der Waals surface area contributed by atoms with E-state index in [0.29, 0.717) is 28.7 Å². The van der Waals surface area contributed by atoms with Gasteiger partial charge in [-0.15, -0.1) is 0 Å². The highest BCUT2D eigenvalue weighted by molar-refractivity contribution is 9.10. The van der Waals surface area contributed by atoms with Gasteiger partial charge in [0.05, 0.1) is 34.4 Å². The number of rotatable bonds is 10. The number of carbonyl (C=O) groups excluding carboxylic acids is 1. The van der Waals surface area contributed by atoms with E-state index in [9.17, 15) is 9.90 Å². The second kappa shape index (κ2) is 20.9. The predicted octanol–water partition coefficient (Wildman–Crippen LogP) is 11.8. The van der Waals surface area contributed by atoms with Gasteiger partial charge in [-0.1, -0.05) is 31.9 Å². The van der Waals surface area contributed by atoms with Crippen LogP contribution in [0.3, 0.4) is 0 Å². The number of nitrogens with zero attached hydrogens (tertiary/aromatic N) is 6. The Morgan fingerprint density at radius 3 is 1.59 bits per heavy atom. The highest BCUT2D eigenvalue weighted by atomic mass is 79.9. The Balaban J connectivity index is 0.000000174. The van der Waals surface area contributed by atoms with Crippen molar-refractivity contribution >= 4 is 83.2 Å². The maximum absolute atomic E-state index is 12.3. The van der Waals surface area contributed by atoms with Crippen molar-refractivity contribution in [2.75, 3.05) is 23.8 Å². The van der Waals surface area contributed by atoms with Crippen molar-refractivity contribution in [2.45, 2.75) is 45.8 Å². The topological polar surface area (TPSA) is 160 Å². The van der Waals surface area contributed by atoms with E-state index in [1.807, 2.05) is 129 Å². The summed E-state index contributed by atoms with van der Waals surface area (Å²) in [6.45, 7) is 7.31. The van der Waals surface area contributed by atoms with Crippen LogP contribution < -0.4 is 20.1 Å². The van der Waals surface area contributed by atoms with Crippen LogP contribution in [-0.2, 0) is 30.2 Å². The molecule has 14 nitrogen and oxygen atoms in total. The second-order valence-electron chi connectivity index (χ2n) is 15.6. The molecule has 0 unspecified atom stereocenters. The van der Waals surface area contributed by atoms with Crippen molar-refractivity contribution in [2.24, 2.45) is 14.1 Å². The van der Waals surface area contributed by atoms with Crippen molar-refractivity contribution < 1.29 is 28.8 Å². The first-order valence-electron chi connectivity index (χ1n) is 20.5. The third kappa shape index (κ3) is 12.4. The Kier molecular flexibility index (Phi) is 14.9. The number of hydrogen-bond acceptors (Lipinski definition) is 12. The average Bonchev–Trinajstić information content (AvgIpc) is 4.03. The predicted molar refractivity (Wildman–Crippen MR) is 256 cm³/mol. The molecule has 1 aliphatic heterocycles. The number of aliphatic hydroxyl groups is 1. The Labute approximate surface area is 387 Å². The van der Waals surface area contributed by atoms with E-state index < -0.39 is 11.6 Å². The van der Waals surface area contributed by atoms with E-state index in [-0.39, 0.29) is 12.3 Å². The minimum atomic E-state index is -0.596. The van der Waals surface area contributed by atoms with Gasteiger partial charge >= 0.3 is 5.97 Å². The third-order valence-corrected chi connectivity index (χ3v) is 10.6. The standard InChI is InChI=1S/C24H23BrN4O3.C20H17BrN4O2.C4H8O/c1-24(2,3)32-22(30)20-14-18(11-12-26-20)31-17-9-10-21-19(13-17)28-23(29(21)4)27-16-7-5-15(25)6-8-16;1-25-19-7-6-16(27-17-8-9-22-15(10-17)12-26)11-18(19)24-20(25)23-14-4-2-13(21)3-5-14;1-2-4-5-3-1/h5-14H,1-4H3,(H,27,28);2-11,26H,12H2,1H3,(H,23,24);1-4H2. The number of fused-ring (bicyclic) bond motifs is 2. The summed E-state index contributed by atoms with van der Waals surface area (Å²) in [4.78, 5) is 29.8. The second-order valence-corrected chi connectivity index (χ2v) is 17.4. The number of carbonyl (C=O) groups is 1. The molecule has 0 bridgehead atoms. The van der Waals surface area contributed by atoms with Crippen molar-refractivity contribution in [3.63, 3.8) is 0 Å². The van der Waals surface area contributed by atoms with E-state index in [1.54, 1.807) is 30.5 Å². The molecule has 3 N–H and O–H groups in total. The number of nitrogens with one attached hydrogen (secondary N) is 2. The molecule has 8 aromatic rings. The van der Waals surface area contributed by atoms with Crippen molar-refractivity contribution in [1.82, 2.24) is 29.1 Å². The van der Waals surface area contributed by atoms with Crippen LogP contribution in [0.25, 0.3) is 22.1 Å². The molecule has 0 saturated carbocycles. The number of benzene rings is 4. The molecule has 64 heavy (non-hydrogen) atoms. The highest BCUT2D eigenvalue weighted by Crippen LogP contribution is 2.31. The van der Waals surface area contributed by atoms with E-state index in [0.717, 1.165) is 67.5 Å². The van der Waals surface area contributed by atoms with E-state index in [1.165, 1.54) is 19.0 Å². The molecule has 0 atom stereocenters. The van der Waals surface area contributed by atoms with Crippen LogP contribution in [0.4, 0.5) is 23.3 Å². The summed E-state index contributed by atoms with van der Waals surface area (Å²) in [5.74, 6) is 3.36. The Hall–Kier alpha value is -6.33. The van der Waals surface area contributed by atoms with Gasteiger partial charge in [-0.05, 0) is 119 Å². The minimum Gasteiger partial charge on any atom is -0.457 e. The Morgan fingerprint density at radius 2 is 1.14 bits per heavy atom. The number of imidazole rings is 2. The molecule has 0 spiro atoms. The molecule has 4 aromatic heterocycles. The van der Waals surface area contributed by atoms with Crippen molar-refractivity contribution in [3.05, 3.63) is 142 Å². The first-order chi connectivity index (χ1) is 30.8. The molecule has 330 valence electrons. The highest BCUT2D eigenvalue weighted by Gasteiger charge is 2.20. The lowest BCUT2D eigenvalue weighted by Crippen LogP contribution is -2.24. The van der Waals surface area contributed by atoms with Crippen LogP contribution in [0.1, 0.15) is 49.8 Å². The zero-order chi connectivity index (χ0) is 45.2. The normalized spacial score (nSPS) is 12.2. The van der Waals surface area contributed by atoms with Gasteiger partial charge in [0.2, 0.25) is 11.9 Å². The summed E-state index contributed by atoms with van der Waals surface area (Å²) in [6.07, 6.45) is 5.69. The maximum atomic E-state index is 12.3. The number of aromatic nitrogens is 6. The maximum Gasteiger partial charge on any atom is 0.357 e. The molecule has 0 amide bonds. The lowest BCUT2D eigenvalue weighted by molar-refractivity contribution is 0.00623. The fourth-order valence-corrected chi connectivity index (χ4v) is 6.87. The fraction of sp³-hybridized carbons (Fsp3) is 0.229. The molecule has 16 heteroatoms. The van der Waals surface area contributed by atoms with Crippen LogP contribution in [0.5, 0.6) is 23.0 Å². The fourth-order valence-electron chi connectivity index (χ4n) is 6.34. The molecular formula is C48H48Br2N8O6. The lowest BCUT2D eigenvalue weighted by Gasteiger charge is -2.19. The third-order valence-electron chi connectivity index (χ3n) is 9.49. The van der Waals surface area contributed by atoms with Crippen LogP contribution in [0.15, 0.2) is 131 Å². The smallest absolute Gasteiger partial charge is 0.357 e. The number of esters is 1. The molecule has 9 rings (SSSR count). The average molecular weight is 993 g/mol. The van der Waals surface area contributed by atoms with Crippen LogP contribution in [-0.4, -0.2) is 59.0 Å². The summed E-state index contributed by atoms with van der Waals surface area (Å²) in [7, 11) is 3.92. The summed E-state index contributed by atoms with van der Waals surface area (Å²) < 4.78 is 28.2. The van der Waals surface area contributed by atoms with Gasteiger partial charge < -0.3 is 43.8 Å². The van der Waals surface area contributed by atoms with Gasteiger partial charge in [0.1, 0.15) is 28.6 Å². The minimum absolute atomic E-state index is 0.123. The summed E-state index contributed by atoms with van der Waals surface area (Å²) >= 11 is 6.88. The molecule has 5 heterocycles. The van der Waals surface area contributed by atoms with Gasteiger partial charge in [0, 0.05) is 84.3 Å². The summed E-state index contributed by atoms with van der Waals surface area (Å²) in [5.41, 5.74) is 5.62. The van der Waals surface area contributed by atoms with Gasteiger partial charge in [-0.3, -0.25) is 4.98 Å². The Morgan fingerprint density at radius 1 is 0.672 bits per heavy atom. The van der Waals surface area contributed by atoms with E-state index >= 15 is 0 Å². The monoisotopic (exact) mass is 990 g/mol. The zero-order valence-electron chi connectivity index (χ0n) is 36.0. The number of halogens is 2. The largest absolute Gasteiger partial charge is 0.457 e. The molecular weight excluding hydrogens is 944 g/mol. The summed E-state index contributed by atoms with van der Waals surface area (Å²) in [5, 5.41) is 15.9. The first-order valence-corrected chi connectivity index (χ1v) is 22.1. The van der Waals surface area contributed by atoms with Gasteiger partial charge in [-0.25, -0.2) is 19.7 Å². The molecule has 1 aliphatic rings. The number of pyridine rings is 2. The quantitative estimate of drug-likeness (QED) is 0.111. The lowest BCUT2D eigenvalue weighted by atomic mass is 10.2. The number of ether oxygens (including phenoxy) is 4.